The molecule has 0 bridgehead atoms. The molecule has 0 saturated heterocycles. The molecule has 0 amide bonds. The fourth-order valence-corrected chi connectivity index (χ4v) is 3.02. The molecular weight excluding hydrogens is 293 g/mol. The van der Waals surface area contributed by atoms with Crippen LogP contribution in [-0.2, 0) is 11.3 Å². The molecule has 0 aromatic heterocycles. The zero-order valence-corrected chi connectivity index (χ0v) is 13.5. The maximum absolute atomic E-state index is 6.17. The van der Waals surface area contributed by atoms with Gasteiger partial charge in [-0.05, 0) is 50.3 Å². The van der Waals surface area contributed by atoms with Gasteiger partial charge >= 0.3 is 0 Å². The summed E-state index contributed by atoms with van der Waals surface area (Å²) in [6.45, 7) is 3.88. The van der Waals surface area contributed by atoms with Gasteiger partial charge in [0.25, 0.3) is 0 Å². The van der Waals surface area contributed by atoms with Crippen molar-refractivity contribution in [3.63, 3.8) is 0 Å². The Morgan fingerprint density at radius 1 is 1.20 bits per heavy atom. The lowest BCUT2D eigenvalue weighted by Crippen LogP contribution is -2.35. The van der Waals surface area contributed by atoms with Gasteiger partial charge in [0.2, 0.25) is 0 Å². The standard InChI is InChI=1S/C16H23Cl2NO/c1-2-10-19-13-6-8-14(9-7-13)20-11-12-4-3-5-15(17)16(12)18/h3-5,13-14,19H,2,6-11H2,1H3. The molecule has 0 unspecified atom stereocenters. The average Bonchev–Trinajstić information content (AvgIpc) is 2.48. The Balaban J connectivity index is 1.74. The van der Waals surface area contributed by atoms with Gasteiger partial charge in [0.15, 0.2) is 0 Å². The largest absolute Gasteiger partial charge is 0.373 e. The van der Waals surface area contributed by atoms with E-state index in [0.717, 1.165) is 24.9 Å². The SMILES string of the molecule is CCCNC1CCC(OCc2cccc(Cl)c2Cl)CC1. The van der Waals surface area contributed by atoms with Gasteiger partial charge in [0, 0.05) is 6.04 Å². The summed E-state index contributed by atoms with van der Waals surface area (Å²) in [5, 5.41) is 4.80. The van der Waals surface area contributed by atoms with E-state index >= 15 is 0 Å². The highest BCUT2D eigenvalue weighted by atomic mass is 35.5. The van der Waals surface area contributed by atoms with Gasteiger partial charge in [-0.2, -0.15) is 0 Å². The number of nitrogens with one attached hydrogen (secondary N) is 1. The highest BCUT2D eigenvalue weighted by Crippen LogP contribution is 2.28. The predicted octanol–water partition coefficient (Wildman–Crippen LogP) is 4.82. The average molecular weight is 316 g/mol. The number of benzene rings is 1. The van der Waals surface area contributed by atoms with Crippen LogP contribution in [0.3, 0.4) is 0 Å². The molecule has 1 aliphatic carbocycles. The second kappa shape index (κ2) is 8.23. The molecule has 1 aliphatic rings. The van der Waals surface area contributed by atoms with Crippen molar-refractivity contribution in [3.8, 4) is 0 Å². The van der Waals surface area contributed by atoms with E-state index in [1.165, 1.54) is 19.3 Å². The highest BCUT2D eigenvalue weighted by molar-refractivity contribution is 6.42. The van der Waals surface area contributed by atoms with E-state index in [-0.39, 0.29) is 0 Å². The van der Waals surface area contributed by atoms with Gasteiger partial charge < -0.3 is 10.1 Å². The Morgan fingerprint density at radius 2 is 1.95 bits per heavy atom. The van der Waals surface area contributed by atoms with Crippen LogP contribution < -0.4 is 5.32 Å². The number of halogens is 2. The molecule has 1 fully saturated rings. The fourth-order valence-electron chi connectivity index (χ4n) is 2.65. The molecular formula is C16H23Cl2NO. The monoisotopic (exact) mass is 315 g/mol. The van der Waals surface area contributed by atoms with E-state index in [9.17, 15) is 0 Å². The van der Waals surface area contributed by atoms with Crippen LogP contribution in [0.15, 0.2) is 18.2 Å². The van der Waals surface area contributed by atoms with Crippen LogP contribution in [0.25, 0.3) is 0 Å². The summed E-state index contributed by atoms with van der Waals surface area (Å²) >= 11 is 12.2. The molecule has 1 aromatic rings. The third-order valence-electron chi connectivity index (χ3n) is 3.86. The van der Waals surface area contributed by atoms with Gasteiger partial charge in [0.1, 0.15) is 0 Å². The van der Waals surface area contributed by atoms with Gasteiger partial charge in [-0.1, -0.05) is 42.3 Å². The maximum Gasteiger partial charge on any atom is 0.0735 e. The fraction of sp³-hybridized carbons (Fsp3) is 0.625. The molecule has 0 aliphatic heterocycles. The summed E-state index contributed by atoms with van der Waals surface area (Å²) < 4.78 is 5.99. The van der Waals surface area contributed by atoms with Crippen molar-refractivity contribution in [2.45, 2.75) is 57.8 Å². The Hall–Kier alpha value is -0.280. The summed E-state index contributed by atoms with van der Waals surface area (Å²) in [4.78, 5) is 0. The second-order valence-corrected chi connectivity index (χ2v) is 6.24. The summed E-state index contributed by atoms with van der Waals surface area (Å²) in [7, 11) is 0. The molecule has 1 aromatic carbocycles. The van der Waals surface area contributed by atoms with E-state index < -0.39 is 0 Å². The third-order valence-corrected chi connectivity index (χ3v) is 4.72. The minimum atomic E-state index is 0.352. The molecule has 2 rings (SSSR count). The molecule has 112 valence electrons. The van der Waals surface area contributed by atoms with E-state index in [2.05, 4.69) is 12.2 Å². The van der Waals surface area contributed by atoms with Crippen molar-refractivity contribution in [3.05, 3.63) is 33.8 Å². The Kier molecular flexibility index (Phi) is 6.63. The first-order valence-corrected chi connectivity index (χ1v) is 8.24. The minimum Gasteiger partial charge on any atom is -0.373 e. The van der Waals surface area contributed by atoms with Crippen molar-refractivity contribution in [1.82, 2.24) is 5.32 Å². The molecule has 1 N–H and O–H groups in total. The smallest absolute Gasteiger partial charge is 0.0735 e. The normalized spacial score (nSPS) is 22.9. The van der Waals surface area contributed by atoms with Crippen LogP contribution in [0.1, 0.15) is 44.6 Å². The third kappa shape index (κ3) is 4.63. The first kappa shape index (κ1) is 16.1. The summed E-state index contributed by atoms with van der Waals surface area (Å²) in [6.07, 6.45) is 6.20. The van der Waals surface area contributed by atoms with Crippen LogP contribution in [-0.4, -0.2) is 18.7 Å². The van der Waals surface area contributed by atoms with E-state index in [1.54, 1.807) is 6.07 Å². The van der Waals surface area contributed by atoms with Gasteiger partial charge in [-0.25, -0.2) is 0 Å². The molecule has 2 nitrogen and oxygen atoms in total. The van der Waals surface area contributed by atoms with Crippen molar-refractivity contribution >= 4 is 23.2 Å². The van der Waals surface area contributed by atoms with Crippen molar-refractivity contribution in [2.24, 2.45) is 0 Å². The van der Waals surface area contributed by atoms with Crippen molar-refractivity contribution in [1.29, 1.82) is 0 Å². The number of hydrogen-bond acceptors (Lipinski definition) is 2. The number of hydrogen-bond donors (Lipinski definition) is 1. The van der Waals surface area contributed by atoms with Crippen LogP contribution in [0.4, 0.5) is 0 Å². The Bertz CT molecular complexity index is 417. The van der Waals surface area contributed by atoms with E-state index in [0.29, 0.717) is 28.8 Å². The molecule has 1 saturated carbocycles. The molecule has 0 atom stereocenters. The summed E-state index contributed by atoms with van der Waals surface area (Å²) in [5.74, 6) is 0. The van der Waals surface area contributed by atoms with E-state index in [4.69, 9.17) is 27.9 Å². The topological polar surface area (TPSA) is 21.3 Å². The zero-order valence-electron chi connectivity index (χ0n) is 12.0. The predicted molar refractivity (Wildman–Crippen MR) is 85.6 cm³/mol. The summed E-state index contributed by atoms with van der Waals surface area (Å²) in [5.41, 5.74) is 0.977. The number of rotatable bonds is 6. The van der Waals surface area contributed by atoms with E-state index in [1.807, 2.05) is 12.1 Å². The van der Waals surface area contributed by atoms with Crippen LogP contribution in [0.2, 0.25) is 10.0 Å². The van der Waals surface area contributed by atoms with Crippen LogP contribution in [0, 0.1) is 0 Å². The lowest BCUT2D eigenvalue weighted by molar-refractivity contribution is 0.0114. The van der Waals surface area contributed by atoms with Crippen LogP contribution in [0.5, 0.6) is 0 Å². The first-order chi connectivity index (χ1) is 9.70. The minimum absolute atomic E-state index is 0.352. The molecule has 4 heteroatoms. The van der Waals surface area contributed by atoms with Gasteiger partial charge in [0.05, 0.1) is 22.8 Å². The summed E-state index contributed by atoms with van der Waals surface area (Å²) in [6, 6.07) is 6.36. The first-order valence-electron chi connectivity index (χ1n) is 7.48. The zero-order chi connectivity index (χ0) is 14.4. The lowest BCUT2D eigenvalue weighted by Gasteiger charge is -2.29. The maximum atomic E-state index is 6.17. The van der Waals surface area contributed by atoms with Crippen LogP contribution >= 0.6 is 23.2 Å². The molecule has 0 spiro atoms. The molecule has 0 heterocycles. The Labute approximate surface area is 131 Å². The Morgan fingerprint density at radius 3 is 2.65 bits per heavy atom. The van der Waals surface area contributed by atoms with Gasteiger partial charge in [-0.3, -0.25) is 0 Å². The highest BCUT2D eigenvalue weighted by Gasteiger charge is 2.21. The second-order valence-electron chi connectivity index (χ2n) is 5.45. The molecule has 20 heavy (non-hydrogen) atoms. The lowest BCUT2D eigenvalue weighted by atomic mass is 9.93. The quantitative estimate of drug-likeness (QED) is 0.812. The van der Waals surface area contributed by atoms with Crippen molar-refractivity contribution < 1.29 is 4.74 Å². The molecule has 0 radical (unpaired) electrons. The van der Waals surface area contributed by atoms with Crippen molar-refractivity contribution in [2.75, 3.05) is 6.54 Å². The van der Waals surface area contributed by atoms with Gasteiger partial charge in [-0.15, -0.1) is 0 Å². The number of ether oxygens (including phenoxy) is 1.